The Labute approximate surface area is 168 Å². The van der Waals surface area contributed by atoms with Gasteiger partial charge in [0.05, 0.1) is 6.61 Å². The van der Waals surface area contributed by atoms with Crippen LogP contribution >= 0.6 is 0 Å². The number of aliphatic hydroxyl groups is 3. The number of allylic oxidation sites excluding steroid dienone is 1. The van der Waals surface area contributed by atoms with Crippen LogP contribution in [0.5, 0.6) is 0 Å². The van der Waals surface area contributed by atoms with E-state index in [2.05, 4.69) is 6.58 Å². The highest BCUT2D eigenvalue weighted by molar-refractivity contribution is 5.96. The molecule has 2 aliphatic heterocycles. The van der Waals surface area contributed by atoms with Gasteiger partial charge in [0.2, 0.25) is 0 Å². The summed E-state index contributed by atoms with van der Waals surface area (Å²) in [5, 5.41) is 33.6. The van der Waals surface area contributed by atoms with E-state index in [0.29, 0.717) is 6.42 Å². The number of esters is 1. The van der Waals surface area contributed by atoms with E-state index in [4.69, 9.17) is 14.2 Å². The molecule has 0 radical (unpaired) electrons. The van der Waals surface area contributed by atoms with Crippen molar-refractivity contribution in [2.24, 2.45) is 28.6 Å². The molecule has 2 heterocycles. The van der Waals surface area contributed by atoms with E-state index in [9.17, 15) is 24.9 Å². The topological polar surface area (TPSA) is 123 Å². The molecule has 8 nitrogen and oxygen atoms in total. The predicted molar refractivity (Wildman–Crippen MR) is 97.1 cm³/mol. The number of carbonyl (C=O) groups excluding carboxylic acids is 2. The molecule has 2 saturated heterocycles. The van der Waals surface area contributed by atoms with Gasteiger partial charge >= 0.3 is 5.97 Å². The van der Waals surface area contributed by atoms with Crippen LogP contribution in [0.1, 0.15) is 20.3 Å². The Kier molecular flexibility index (Phi) is 3.72. The number of rotatable bonds is 1. The monoisotopic (exact) mass is 406 g/mol. The van der Waals surface area contributed by atoms with Crippen molar-refractivity contribution in [3.05, 3.63) is 23.8 Å². The van der Waals surface area contributed by atoms with Crippen molar-refractivity contribution < 1.29 is 39.1 Å². The molecule has 1 spiro atoms. The fourth-order valence-corrected chi connectivity index (χ4v) is 7.42. The van der Waals surface area contributed by atoms with Crippen LogP contribution in [0.3, 0.4) is 0 Å². The molecule has 0 amide bonds. The summed E-state index contributed by atoms with van der Waals surface area (Å²) in [5.74, 6) is -4.92. The third kappa shape index (κ3) is 1.89. The lowest BCUT2D eigenvalue weighted by Crippen LogP contribution is -2.76. The van der Waals surface area contributed by atoms with Gasteiger partial charge in [-0.1, -0.05) is 19.1 Å². The SMILES string of the molecule is C=C1[C@@H]2[C@@H](OC)C(=O)O[C@@H]3C[C@H]4C(C)=CC(=O)[C@@H](O)[C@]4(C)[C@@H]4C23CO[C@]4(O)[C@@H]1O. The molecule has 3 N–H and O–H groups in total. The van der Waals surface area contributed by atoms with Crippen molar-refractivity contribution in [2.45, 2.75) is 50.5 Å². The van der Waals surface area contributed by atoms with Crippen LogP contribution in [-0.2, 0) is 23.8 Å². The van der Waals surface area contributed by atoms with Crippen molar-refractivity contribution in [3.8, 4) is 0 Å². The highest BCUT2D eigenvalue weighted by Gasteiger charge is 2.82. The summed E-state index contributed by atoms with van der Waals surface area (Å²) in [7, 11) is 1.38. The standard InChI is InChI=1S/C21H26O8/c1-8-5-11(22)16(24)19(3)10(8)6-12-20-7-28-21(26,18(19)20)15(23)9(2)13(20)14(27-4)17(25)29-12/h5,10,12-16,18,23-24,26H,2,6-7H2,1,3-4H3/t10-,12+,13+,14+,15+,16+,18+,19+,20?,21+/m0/s1. The van der Waals surface area contributed by atoms with Crippen LogP contribution in [0.15, 0.2) is 23.8 Å². The van der Waals surface area contributed by atoms with Crippen LogP contribution in [-0.4, -0.2) is 71.0 Å². The van der Waals surface area contributed by atoms with Gasteiger partial charge in [-0.2, -0.15) is 0 Å². The lowest BCUT2D eigenvalue weighted by atomic mass is 9.38. The van der Waals surface area contributed by atoms with Crippen LogP contribution in [0.25, 0.3) is 0 Å². The van der Waals surface area contributed by atoms with E-state index < -0.39 is 64.6 Å². The second-order valence-corrected chi connectivity index (χ2v) is 9.47. The first-order valence-corrected chi connectivity index (χ1v) is 9.91. The summed E-state index contributed by atoms with van der Waals surface area (Å²) in [4.78, 5) is 25.3. The largest absolute Gasteiger partial charge is 0.460 e. The second kappa shape index (κ2) is 5.56. The van der Waals surface area contributed by atoms with Crippen molar-refractivity contribution in [1.82, 2.24) is 0 Å². The number of hydrogen-bond acceptors (Lipinski definition) is 8. The zero-order chi connectivity index (χ0) is 21.1. The first-order valence-electron chi connectivity index (χ1n) is 9.91. The fourth-order valence-electron chi connectivity index (χ4n) is 7.42. The molecule has 3 aliphatic carbocycles. The molecule has 8 heteroatoms. The zero-order valence-corrected chi connectivity index (χ0v) is 16.6. The van der Waals surface area contributed by atoms with E-state index in [-0.39, 0.29) is 18.1 Å². The average molecular weight is 406 g/mol. The Hall–Kier alpha value is -1.58. The van der Waals surface area contributed by atoms with Gasteiger partial charge in [-0.05, 0) is 30.9 Å². The number of carbonyl (C=O) groups is 2. The lowest BCUT2D eigenvalue weighted by Gasteiger charge is -2.67. The van der Waals surface area contributed by atoms with E-state index in [1.807, 2.05) is 0 Å². The third-order valence-electron chi connectivity index (χ3n) is 8.47. The Balaban J connectivity index is 1.80. The summed E-state index contributed by atoms with van der Waals surface area (Å²) in [6.45, 7) is 7.54. The number of ketones is 1. The molecule has 2 bridgehead atoms. The molecular weight excluding hydrogens is 380 g/mol. The van der Waals surface area contributed by atoms with Crippen molar-refractivity contribution in [1.29, 1.82) is 0 Å². The van der Waals surface area contributed by atoms with Crippen molar-refractivity contribution >= 4 is 11.8 Å². The summed E-state index contributed by atoms with van der Waals surface area (Å²) in [6.07, 6.45) is -2.74. The first kappa shape index (κ1) is 19.4. The normalized spacial score (nSPS) is 55.7. The van der Waals surface area contributed by atoms with Gasteiger partial charge in [-0.25, -0.2) is 4.79 Å². The predicted octanol–water partition coefficient (Wildman–Crippen LogP) is -0.289. The number of ether oxygens (including phenoxy) is 3. The minimum absolute atomic E-state index is 0.00129. The van der Waals surface area contributed by atoms with Gasteiger partial charge in [0.1, 0.15) is 18.3 Å². The molecule has 0 aromatic heterocycles. The van der Waals surface area contributed by atoms with Crippen LogP contribution in [0.4, 0.5) is 0 Å². The smallest absolute Gasteiger partial charge is 0.336 e. The minimum atomic E-state index is -2.06. The number of methoxy groups -OCH3 is 1. The Morgan fingerprint density at radius 3 is 2.62 bits per heavy atom. The van der Waals surface area contributed by atoms with E-state index >= 15 is 0 Å². The van der Waals surface area contributed by atoms with Gasteiger partial charge in [-0.15, -0.1) is 0 Å². The van der Waals surface area contributed by atoms with Gasteiger partial charge in [-0.3, -0.25) is 4.79 Å². The summed E-state index contributed by atoms with van der Waals surface area (Å²) < 4.78 is 17.1. The third-order valence-corrected chi connectivity index (χ3v) is 8.47. The molecule has 5 aliphatic rings. The minimum Gasteiger partial charge on any atom is -0.460 e. The summed E-state index contributed by atoms with van der Waals surface area (Å²) >= 11 is 0. The molecule has 4 fully saturated rings. The highest BCUT2D eigenvalue weighted by atomic mass is 16.7. The Morgan fingerprint density at radius 1 is 1.28 bits per heavy atom. The van der Waals surface area contributed by atoms with E-state index in [1.54, 1.807) is 13.8 Å². The Morgan fingerprint density at radius 2 is 1.97 bits per heavy atom. The molecule has 2 saturated carbocycles. The summed E-state index contributed by atoms with van der Waals surface area (Å²) in [5.41, 5.74) is -1.09. The van der Waals surface area contributed by atoms with Crippen LogP contribution in [0, 0.1) is 28.6 Å². The first-order chi connectivity index (χ1) is 13.5. The lowest BCUT2D eigenvalue weighted by molar-refractivity contribution is -0.311. The Bertz CT molecular complexity index is 865. The maximum atomic E-state index is 12.7. The maximum Gasteiger partial charge on any atom is 0.336 e. The highest BCUT2D eigenvalue weighted by Crippen LogP contribution is 2.73. The van der Waals surface area contributed by atoms with Gasteiger partial charge in [0.15, 0.2) is 17.7 Å². The van der Waals surface area contributed by atoms with E-state index in [0.717, 1.165) is 5.57 Å². The van der Waals surface area contributed by atoms with Crippen LogP contribution in [0.2, 0.25) is 0 Å². The molecule has 5 rings (SSSR count). The molecule has 1 unspecified atom stereocenters. The molecule has 158 valence electrons. The second-order valence-electron chi connectivity index (χ2n) is 9.47. The molecule has 0 aromatic rings. The number of fused-ring (bicyclic) bond motifs is 1. The number of hydrogen-bond donors (Lipinski definition) is 3. The van der Waals surface area contributed by atoms with Gasteiger partial charge in [0.25, 0.3) is 0 Å². The van der Waals surface area contributed by atoms with Crippen molar-refractivity contribution in [3.63, 3.8) is 0 Å². The molecular formula is C21H26O8. The van der Waals surface area contributed by atoms with Crippen molar-refractivity contribution in [2.75, 3.05) is 13.7 Å². The molecule has 0 aromatic carbocycles. The summed E-state index contributed by atoms with van der Waals surface area (Å²) in [6, 6.07) is 0. The fraction of sp³-hybridized carbons (Fsp3) is 0.714. The van der Waals surface area contributed by atoms with Crippen LogP contribution < -0.4 is 0 Å². The maximum absolute atomic E-state index is 12.7. The quantitative estimate of drug-likeness (QED) is 0.401. The average Bonchev–Trinajstić information content (AvgIpc) is 2.96. The zero-order valence-electron chi connectivity index (χ0n) is 16.6. The molecule has 10 atom stereocenters. The van der Waals surface area contributed by atoms with E-state index in [1.165, 1.54) is 13.2 Å². The van der Waals surface area contributed by atoms with Gasteiger partial charge in [0, 0.05) is 29.8 Å². The van der Waals surface area contributed by atoms with Gasteiger partial charge < -0.3 is 29.5 Å². The molecule has 29 heavy (non-hydrogen) atoms. The number of aliphatic hydroxyl groups excluding tert-OH is 2.